The van der Waals surface area contributed by atoms with E-state index in [4.69, 9.17) is 26.7 Å². The number of carboxylic acid groups (broad SMARTS) is 1. The van der Waals surface area contributed by atoms with Crippen molar-refractivity contribution in [3.8, 4) is 22.9 Å². The maximum Gasteiger partial charge on any atom is 0.341 e. The predicted molar refractivity (Wildman–Crippen MR) is 120 cm³/mol. The van der Waals surface area contributed by atoms with E-state index in [1.165, 1.54) is 25.2 Å². The van der Waals surface area contributed by atoms with E-state index in [0.29, 0.717) is 5.56 Å². The summed E-state index contributed by atoms with van der Waals surface area (Å²) in [4.78, 5) is 10.9. The van der Waals surface area contributed by atoms with Gasteiger partial charge in [-0.05, 0) is 65.7 Å². The third-order valence-electron chi connectivity index (χ3n) is 4.75. The topological polar surface area (TPSA) is 108 Å². The van der Waals surface area contributed by atoms with Gasteiger partial charge in [0.05, 0.1) is 16.5 Å². The standard InChI is InChI=1S/C23H17ClF2N2O5S/c1-28(34(31,32)19-4-2-17(25)3-5-19)12-16-9-20(15-6-14(11-27)7-18(26)8-15)22(10-21(16)24)33-13-23(29)30/h2-10H,12-13H2,1H3,(H,29,30). The second kappa shape index (κ2) is 10.2. The van der Waals surface area contributed by atoms with Crippen molar-refractivity contribution >= 4 is 27.6 Å². The highest BCUT2D eigenvalue weighted by Gasteiger charge is 2.23. The van der Waals surface area contributed by atoms with Crippen LogP contribution in [0.3, 0.4) is 0 Å². The summed E-state index contributed by atoms with van der Waals surface area (Å²) in [6, 6.07) is 12.4. The third kappa shape index (κ3) is 5.69. The van der Waals surface area contributed by atoms with Crippen molar-refractivity contribution in [2.45, 2.75) is 11.4 Å². The monoisotopic (exact) mass is 506 g/mol. The van der Waals surface area contributed by atoms with Crippen molar-refractivity contribution in [3.63, 3.8) is 0 Å². The number of carboxylic acids is 1. The molecule has 0 bridgehead atoms. The van der Waals surface area contributed by atoms with Gasteiger partial charge in [0.15, 0.2) is 6.61 Å². The summed E-state index contributed by atoms with van der Waals surface area (Å²) >= 11 is 6.33. The quantitative estimate of drug-likeness (QED) is 0.484. The molecule has 176 valence electrons. The van der Waals surface area contributed by atoms with Crippen LogP contribution in [0.25, 0.3) is 11.1 Å². The van der Waals surface area contributed by atoms with E-state index in [9.17, 15) is 22.0 Å². The Hall–Kier alpha value is -3.52. The van der Waals surface area contributed by atoms with Crippen molar-refractivity contribution in [2.75, 3.05) is 13.7 Å². The molecule has 34 heavy (non-hydrogen) atoms. The lowest BCUT2D eigenvalue weighted by Gasteiger charge is -2.20. The molecule has 0 amide bonds. The Bertz CT molecular complexity index is 1390. The highest BCUT2D eigenvalue weighted by atomic mass is 35.5. The van der Waals surface area contributed by atoms with E-state index in [2.05, 4.69) is 0 Å². The fourth-order valence-corrected chi connectivity index (χ4v) is 4.49. The first kappa shape index (κ1) is 25.1. The van der Waals surface area contributed by atoms with Gasteiger partial charge in [-0.3, -0.25) is 0 Å². The molecule has 0 spiro atoms. The lowest BCUT2D eigenvalue weighted by Crippen LogP contribution is -2.26. The Morgan fingerprint density at radius 1 is 1.12 bits per heavy atom. The molecule has 3 rings (SSSR count). The summed E-state index contributed by atoms with van der Waals surface area (Å²) in [5.41, 5.74) is 0.741. The number of nitrogens with zero attached hydrogens (tertiary/aromatic N) is 2. The zero-order valence-electron chi connectivity index (χ0n) is 17.6. The number of hydrogen-bond acceptors (Lipinski definition) is 5. The third-order valence-corrected chi connectivity index (χ3v) is 6.92. The van der Waals surface area contributed by atoms with Crippen LogP contribution >= 0.6 is 11.6 Å². The number of rotatable bonds is 8. The summed E-state index contributed by atoms with van der Waals surface area (Å²) in [6.07, 6.45) is 0. The number of benzene rings is 3. The zero-order valence-corrected chi connectivity index (χ0v) is 19.2. The van der Waals surface area contributed by atoms with Crippen molar-refractivity contribution in [1.82, 2.24) is 4.31 Å². The van der Waals surface area contributed by atoms with Crippen LogP contribution in [-0.2, 0) is 21.4 Å². The molecule has 0 saturated heterocycles. The van der Waals surface area contributed by atoms with Gasteiger partial charge in [-0.2, -0.15) is 9.57 Å². The lowest BCUT2D eigenvalue weighted by atomic mass is 9.99. The summed E-state index contributed by atoms with van der Waals surface area (Å²) < 4.78 is 59.3. The summed E-state index contributed by atoms with van der Waals surface area (Å²) in [5.74, 6) is -2.54. The van der Waals surface area contributed by atoms with Crippen molar-refractivity contribution < 1.29 is 31.8 Å². The maximum absolute atomic E-state index is 14.1. The average molecular weight is 507 g/mol. The Morgan fingerprint density at radius 2 is 1.79 bits per heavy atom. The number of halogens is 3. The molecule has 7 nitrogen and oxygen atoms in total. The first-order valence-electron chi connectivity index (χ1n) is 9.61. The number of nitriles is 1. The molecule has 0 saturated carbocycles. The van der Waals surface area contributed by atoms with Gasteiger partial charge >= 0.3 is 5.97 Å². The number of hydrogen-bond donors (Lipinski definition) is 1. The van der Waals surface area contributed by atoms with Crippen molar-refractivity contribution in [3.05, 3.63) is 82.4 Å². The molecule has 0 aliphatic rings. The maximum atomic E-state index is 14.1. The molecular formula is C23H17ClF2N2O5S. The van der Waals surface area contributed by atoms with Crippen LogP contribution in [0.2, 0.25) is 5.02 Å². The first-order chi connectivity index (χ1) is 16.0. The zero-order chi connectivity index (χ0) is 25.0. The second-order valence-corrected chi connectivity index (χ2v) is 9.63. The Kier molecular flexibility index (Phi) is 7.51. The fourth-order valence-electron chi connectivity index (χ4n) is 3.13. The van der Waals surface area contributed by atoms with Gasteiger partial charge in [-0.1, -0.05) is 11.6 Å². The van der Waals surface area contributed by atoms with Crippen LogP contribution in [0.15, 0.2) is 59.5 Å². The Labute approximate surface area is 199 Å². The second-order valence-electron chi connectivity index (χ2n) is 7.18. The largest absolute Gasteiger partial charge is 0.481 e. The van der Waals surface area contributed by atoms with Gasteiger partial charge < -0.3 is 9.84 Å². The molecule has 0 fully saturated rings. The van der Waals surface area contributed by atoms with E-state index in [1.54, 1.807) is 0 Å². The SMILES string of the molecule is CN(Cc1cc(-c2cc(F)cc(C#N)c2)c(OCC(=O)O)cc1Cl)S(=O)(=O)c1ccc(F)cc1. The molecule has 0 aliphatic carbocycles. The van der Waals surface area contributed by atoms with Crippen molar-refractivity contribution in [2.24, 2.45) is 0 Å². The van der Waals surface area contributed by atoms with Crippen molar-refractivity contribution in [1.29, 1.82) is 5.26 Å². The van der Waals surface area contributed by atoms with Gasteiger partial charge in [0.25, 0.3) is 0 Å². The summed E-state index contributed by atoms with van der Waals surface area (Å²) in [5, 5.41) is 18.2. The Morgan fingerprint density at radius 3 is 2.41 bits per heavy atom. The number of sulfonamides is 1. The average Bonchev–Trinajstić information content (AvgIpc) is 2.78. The highest BCUT2D eigenvalue weighted by molar-refractivity contribution is 7.89. The van der Waals surface area contributed by atoms with E-state index in [0.717, 1.165) is 40.7 Å². The lowest BCUT2D eigenvalue weighted by molar-refractivity contribution is -0.139. The van der Waals surface area contributed by atoms with Crippen LogP contribution in [0.5, 0.6) is 5.75 Å². The van der Waals surface area contributed by atoms with Gasteiger partial charge in [0.2, 0.25) is 10.0 Å². The molecular weight excluding hydrogens is 490 g/mol. The van der Waals surface area contributed by atoms with Crippen LogP contribution < -0.4 is 4.74 Å². The van der Waals surface area contributed by atoms with E-state index in [-0.39, 0.29) is 38.9 Å². The van der Waals surface area contributed by atoms with Crippen LogP contribution in [0.1, 0.15) is 11.1 Å². The number of aliphatic carboxylic acids is 1. The van der Waals surface area contributed by atoms with Crippen LogP contribution in [-0.4, -0.2) is 37.5 Å². The minimum Gasteiger partial charge on any atom is -0.481 e. The van der Waals surface area contributed by atoms with Crippen LogP contribution in [0, 0.1) is 23.0 Å². The minimum absolute atomic E-state index is 0.00897. The molecule has 3 aromatic carbocycles. The van der Waals surface area contributed by atoms with Gasteiger partial charge in [0, 0.05) is 24.2 Å². The highest BCUT2D eigenvalue weighted by Crippen LogP contribution is 2.37. The minimum atomic E-state index is -4.00. The van der Waals surface area contributed by atoms with E-state index >= 15 is 0 Å². The molecule has 0 radical (unpaired) electrons. The predicted octanol–water partition coefficient (Wildman–Crippen LogP) is 4.44. The molecule has 1 N–H and O–H groups in total. The van der Waals surface area contributed by atoms with Gasteiger partial charge in [-0.15, -0.1) is 0 Å². The van der Waals surface area contributed by atoms with E-state index in [1.807, 2.05) is 6.07 Å². The molecule has 0 heterocycles. The first-order valence-corrected chi connectivity index (χ1v) is 11.4. The number of ether oxygens (including phenoxy) is 1. The smallest absolute Gasteiger partial charge is 0.341 e. The summed E-state index contributed by atoms with van der Waals surface area (Å²) in [7, 11) is -2.70. The van der Waals surface area contributed by atoms with E-state index < -0.39 is 34.2 Å². The summed E-state index contributed by atoms with van der Waals surface area (Å²) in [6.45, 7) is -0.923. The molecule has 0 aliphatic heterocycles. The Balaban J connectivity index is 2.05. The molecule has 3 aromatic rings. The van der Waals surface area contributed by atoms with Gasteiger partial charge in [-0.25, -0.2) is 22.0 Å². The molecule has 0 aromatic heterocycles. The van der Waals surface area contributed by atoms with Gasteiger partial charge in [0.1, 0.15) is 17.4 Å². The molecule has 11 heteroatoms. The number of carbonyl (C=O) groups is 1. The van der Waals surface area contributed by atoms with Crippen LogP contribution in [0.4, 0.5) is 8.78 Å². The fraction of sp³-hybridized carbons (Fsp3) is 0.130. The normalized spacial score (nSPS) is 11.3. The molecule has 0 atom stereocenters. The molecule has 0 unspecified atom stereocenters.